The number of carbonyl (C=O) groups is 2. The van der Waals surface area contributed by atoms with Crippen molar-refractivity contribution in [2.45, 2.75) is 19.3 Å². The highest BCUT2D eigenvalue weighted by molar-refractivity contribution is 7.14. The molecule has 4 N–H and O–H groups in total. The summed E-state index contributed by atoms with van der Waals surface area (Å²) < 4.78 is 0. The minimum absolute atomic E-state index is 0.0389. The van der Waals surface area contributed by atoms with E-state index in [1.54, 1.807) is 5.38 Å². The zero-order valence-electron chi connectivity index (χ0n) is 10.3. The molecule has 0 aliphatic heterocycles. The summed E-state index contributed by atoms with van der Waals surface area (Å²) in [5.41, 5.74) is 0.133. The van der Waals surface area contributed by atoms with Gasteiger partial charge < -0.3 is 15.5 Å². The molecule has 1 saturated carbocycles. The van der Waals surface area contributed by atoms with Crippen LogP contribution in [0.5, 0.6) is 0 Å². The lowest BCUT2D eigenvalue weighted by Gasteiger charge is -2.14. The third-order valence-electron chi connectivity index (χ3n) is 3.35. The molecule has 1 aromatic heterocycles. The fourth-order valence-corrected chi connectivity index (χ4v) is 2.69. The first kappa shape index (κ1) is 13.8. The number of urea groups is 1. The van der Waals surface area contributed by atoms with Crippen molar-refractivity contribution in [3.8, 4) is 0 Å². The molecule has 6 nitrogen and oxygen atoms in total. The van der Waals surface area contributed by atoms with Gasteiger partial charge in [-0.05, 0) is 36.1 Å². The number of nitrogens with one attached hydrogen (secondary N) is 2. The molecule has 2 rings (SSSR count). The van der Waals surface area contributed by atoms with E-state index in [2.05, 4.69) is 10.6 Å². The van der Waals surface area contributed by atoms with E-state index in [1.165, 1.54) is 17.4 Å². The first-order valence-electron chi connectivity index (χ1n) is 6.03. The largest absolute Gasteiger partial charge is 0.478 e. The first-order valence-corrected chi connectivity index (χ1v) is 6.91. The van der Waals surface area contributed by atoms with E-state index >= 15 is 0 Å². The maximum Gasteiger partial charge on any atom is 0.338 e. The number of amides is 2. The van der Waals surface area contributed by atoms with Crippen LogP contribution in [0, 0.1) is 5.41 Å². The number of carboxylic acids is 1. The Morgan fingerprint density at radius 1 is 1.42 bits per heavy atom. The lowest BCUT2D eigenvalue weighted by Crippen LogP contribution is -2.34. The minimum Gasteiger partial charge on any atom is -0.478 e. The van der Waals surface area contributed by atoms with Crippen molar-refractivity contribution in [3.63, 3.8) is 0 Å². The van der Waals surface area contributed by atoms with Crippen LogP contribution in [0.3, 0.4) is 0 Å². The molecule has 1 aliphatic rings. The summed E-state index contributed by atoms with van der Waals surface area (Å²) in [6.07, 6.45) is 2.70. The third kappa shape index (κ3) is 3.45. The number of aliphatic hydroxyl groups is 1. The van der Waals surface area contributed by atoms with Gasteiger partial charge in [0.1, 0.15) is 5.00 Å². The molecular formula is C12H16N2O4S. The normalized spacial score (nSPS) is 15.8. The monoisotopic (exact) mass is 284 g/mol. The molecule has 0 saturated heterocycles. The number of thiophene rings is 1. The molecule has 0 atom stereocenters. The van der Waals surface area contributed by atoms with Crippen molar-refractivity contribution in [3.05, 3.63) is 17.0 Å². The third-order valence-corrected chi connectivity index (χ3v) is 4.18. The lowest BCUT2D eigenvalue weighted by molar-refractivity contribution is 0.0698. The smallest absolute Gasteiger partial charge is 0.338 e. The molecule has 0 bridgehead atoms. The molecule has 1 fully saturated rings. The number of anilines is 1. The van der Waals surface area contributed by atoms with Crippen LogP contribution in [0.1, 0.15) is 29.6 Å². The van der Waals surface area contributed by atoms with Gasteiger partial charge in [0.15, 0.2) is 0 Å². The number of carbonyl (C=O) groups excluding carboxylic acids is 1. The second-order valence-electron chi connectivity index (χ2n) is 4.75. The van der Waals surface area contributed by atoms with Gasteiger partial charge in [0.2, 0.25) is 0 Å². The van der Waals surface area contributed by atoms with Crippen molar-refractivity contribution in [2.24, 2.45) is 5.41 Å². The summed E-state index contributed by atoms with van der Waals surface area (Å²) in [5, 5.41) is 25.0. The minimum atomic E-state index is -1.06. The summed E-state index contributed by atoms with van der Waals surface area (Å²) in [6.45, 7) is 0.630. The van der Waals surface area contributed by atoms with Gasteiger partial charge in [-0.15, -0.1) is 11.3 Å². The second-order valence-corrected chi connectivity index (χ2v) is 5.67. The van der Waals surface area contributed by atoms with E-state index in [1.807, 2.05) is 0 Å². The maximum atomic E-state index is 11.7. The highest BCUT2D eigenvalue weighted by Gasteiger charge is 2.41. The fraction of sp³-hybridized carbons (Fsp3) is 0.500. The first-order chi connectivity index (χ1) is 9.06. The molecule has 0 aromatic carbocycles. The fourth-order valence-electron chi connectivity index (χ4n) is 1.92. The lowest BCUT2D eigenvalue weighted by atomic mass is 10.0. The predicted octanol–water partition coefficient (Wildman–Crippen LogP) is 1.73. The Morgan fingerprint density at radius 3 is 2.74 bits per heavy atom. The Kier molecular flexibility index (Phi) is 4.06. The van der Waals surface area contributed by atoms with Gasteiger partial charge >= 0.3 is 12.0 Å². The van der Waals surface area contributed by atoms with Gasteiger partial charge in [0.05, 0.1) is 5.56 Å². The van der Waals surface area contributed by atoms with Crippen LogP contribution in [0.2, 0.25) is 0 Å². The van der Waals surface area contributed by atoms with E-state index in [-0.39, 0.29) is 17.6 Å². The summed E-state index contributed by atoms with van der Waals surface area (Å²) >= 11 is 1.17. The number of rotatable bonds is 6. The zero-order chi connectivity index (χ0) is 13.9. The van der Waals surface area contributed by atoms with Gasteiger partial charge in [-0.25, -0.2) is 9.59 Å². The second kappa shape index (κ2) is 5.58. The Balaban J connectivity index is 1.84. The quantitative estimate of drug-likeness (QED) is 0.639. The summed E-state index contributed by atoms with van der Waals surface area (Å²) in [6, 6.07) is 1.05. The van der Waals surface area contributed by atoms with Crippen LogP contribution in [-0.4, -0.2) is 35.4 Å². The van der Waals surface area contributed by atoms with Crippen LogP contribution in [0.25, 0.3) is 0 Å². The molecule has 2 amide bonds. The van der Waals surface area contributed by atoms with Crippen molar-refractivity contribution >= 4 is 28.3 Å². The van der Waals surface area contributed by atoms with E-state index in [4.69, 9.17) is 10.2 Å². The number of aliphatic hydroxyl groups excluding tert-OH is 1. The number of hydrogen-bond acceptors (Lipinski definition) is 4. The molecule has 0 radical (unpaired) electrons. The van der Waals surface area contributed by atoms with Crippen molar-refractivity contribution in [1.82, 2.24) is 5.32 Å². The van der Waals surface area contributed by atoms with E-state index < -0.39 is 12.0 Å². The van der Waals surface area contributed by atoms with E-state index in [0.717, 1.165) is 12.8 Å². The topological polar surface area (TPSA) is 98.7 Å². The van der Waals surface area contributed by atoms with Gasteiger partial charge in [-0.1, -0.05) is 0 Å². The van der Waals surface area contributed by atoms with Crippen LogP contribution in [0.4, 0.5) is 9.80 Å². The van der Waals surface area contributed by atoms with Crippen molar-refractivity contribution < 1.29 is 19.8 Å². The number of hydrogen-bond donors (Lipinski definition) is 4. The Labute approximate surface area is 114 Å². The highest BCUT2D eigenvalue weighted by atomic mass is 32.1. The van der Waals surface area contributed by atoms with E-state index in [0.29, 0.717) is 18.0 Å². The van der Waals surface area contributed by atoms with Gasteiger partial charge in [0.25, 0.3) is 0 Å². The van der Waals surface area contributed by atoms with Crippen LogP contribution < -0.4 is 10.6 Å². The average molecular weight is 284 g/mol. The maximum absolute atomic E-state index is 11.7. The van der Waals surface area contributed by atoms with E-state index in [9.17, 15) is 9.59 Å². The number of carboxylic acid groups (broad SMARTS) is 1. The van der Waals surface area contributed by atoms with Crippen molar-refractivity contribution in [1.29, 1.82) is 0 Å². The molecule has 0 unspecified atom stereocenters. The molecule has 1 aromatic rings. The molecule has 19 heavy (non-hydrogen) atoms. The summed E-state index contributed by atoms with van der Waals surface area (Å²) in [4.78, 5) is 22.6. The van der Waals surface area contributed by atoms with Crippen LogP contribution in [-0.2, 0) is 0 Å². The zero-order valence-corrected chi connectivity index (χ0v) is 11.1. The van der Waals surface area contributed by atoms with Crippen molar-refractivity contribution in [2.75, 3.05) is 18.5 Å². The Bertz CT molecular complexity index is 482. The van der Waals surface area contributed by atoms with Gasteiger partial charge in [-0.3, -0.25) is 5.32 Å². The molecular weight excluding hydrogens is 268 g/mol. The standard InChI is InChI=1S/C12H16N2O4S/c15-5-4-12(2-3-12)7-13-11(18)14-9-8(10(16)17)1-6-19-9/h1,6,15H,2-5,7H2,(H,16,17)(H2,13,14,18). The highest BCUT2D eigenvalue weighted by Crippen LogP contribution is 2.47. The van der Waals surface area contributed by atoms with Gasteiger partial charge in [0, 0.05) is 13.2 Å². The summed E-state index contributed by atoms with van der Waals surface area (Å²) in [5.74, 6) is -1.06. The molecule has 1 aliphatic carbocycles. The average Bonchev–Trinajstić information content (AvgIpc) is 2.96. The Morgan fingerprint density at radius 2 is 2.16 bits per heavy atom. The molecule has 7 heteroatoms. The summed E-state index contributed by atoms with van der Waals surface area (Å²) in [7, 11) is 0. The molecule has 1 heterocycles. The molecule has 104 valence electrons. The molecule has 0 spiro atoms. The van der Waals surface area contributed by atoms with Crippen LogP contribution >= 0.6 is 11.3 Å². The SMILES string of the molecule is O=C(NCC1(CCO)CC1)Nc1sccc1C(=O)O. The van der Waals surface area contributed by atoms with Crippen LogP contribution in [0.15, 0.2) is 11.4 Å². The Hall–Kier alpha value is -1.60. The van der Waals surface area contributed by atoms with Gasteiger partial charge in [-0.2, -0.15) is 0 Å². The predicted molar refractivity (Wildman–Crippen MR) is 71.7 cm³/mol. The number of aromatic carboxylic acids is 1.